The number of urea groups is 1. The fourth-order valence-corrected chi connectivity index (χ4v) is 4.36. The van der Waals surface area contributed by atoms with E-state index in [9.17, 15) is 14.4 Å². The highest BCUT2D eigenvalue weighted by Crippen LogP contribution is 2.32. The average Bonchev–Trinajstić information content (AvgIpc) is 3.21. The van der Waals surface area contributed by atoms with Gasteiger partial charge >= 0.3 is 6.03 Å². The van der Waals surface area contributed by atoms with E-state index in [0.717, 1.165) is 23.6 Å². The first kappa shape index (κ1) is 24.5. The molecule has 0 aliphatic carbocycles. The Kier molecular flexibility index (Phi) is 7.84. The summed E-state index contributed by atoms with van der Waals surface area (Å²) in [5, 5.41) is 5.55. The van der Waals surface area contributed by atoms with Gasteiger partial charge in [0.2, 0.25) is 5.91 Å². The molecule has 0 radical (unpaired) electrons. The predicted octanol–water partition coefficient (Wildman–Crippen LogP) is 1.56. The molecule has 10 heteroatoms. The SMILES string of the molecule is COc1ccc([C@@H](CNC(=O)c2ccccc2CN2C(=O)CNC2=O)N2CCOCC2)cc1OC. The highest BCUT2D eigenvalue weighted by Gasteiger charge is 2.30. The molecule has 2 N–H and O–H groups in total. The van der Waals surface area contributed by atoms with Gasteiger partial charge < -0.3 is 24.8 Å². The zero-order valence-corrected chi connectivity index (χ0v) is 19.9. The lowest BCUT2D eigenvalue weighted by Gasteiger charge is -2.35. The number of carbonyl (C=O) groups is 3. The molecule has 10 nitrogen and oxygen atoms in total. The first-order chi connectivity index (χ1) is 17.0. The molecule has 2 heterocycles. The fraction of sp³-hybridized carbons (Fsp3) is 0.400. The fourth-order valence-electron chi connectivity index (χ4n) is 4.36. The molecule has 2 aliphatic heterocycles. The maximum Gasteiger partial charge on any atom is 0.324 e. The van der Waals surface area contributed by atoms with Crippen LogP contribution in [0.2, 0.25) is 0 Å². The van der Waals surface area contributed by atoms with Crippen LogP contribution in [0, 0.1) is 0 Å². The molecule has 2 aliphatic rings. The highest BCUT2D eigenvalue weighted by atomic mass is 16.5. The number of rotatable bonds is 9. The second-order valence-corrected chi connectivity index (χ2v) is 8.28. The molecule has 2 aromatic rings. The second kappa shape index (κ2) is 11.2. The first-order valence-electron chi connectivity index (χ1n) is 11.5. The molecule has 2 aromatic carbocycles. The van der Waals surface area contributed by atoms with Gasteiger partial charge in [-0.3, -0.25) is 19.4 Å². The maximum atomic E-state index is 13.2. The quantitative estimate of drug-likeness (QED) is 0.522. The number of hydrogen-bond donors (Lipinski definition) is 2. The van der Waals surface area contributed by atoms with Gasteiger partial charge in [-0.1, -0.05) is 24.3 Å². The van der Waals surface area contributed by atoms with Crippen LogP contribution in [0.4, 0.5) is 4.79 Å². The monoisotopic (exact) mass is 482 g/mol. The highest BCUT2D eigenvalue weighted by molar-refractivity contribution is 6.02. The topological polar surface area (TPSA) is 109 Å². The molecule has 35 heavy (non-hydrogen) atoms. The Balaban J connectivity index is 1.53. The number of carbonyl (C=O) groups excluding carboxylic acids is 3. The van der Waals surface area contributed by atoms with E-state index in [1.165, 1.54) is 0 Å². The van der Waals surface area contributed by atoms with Gasteiger partial charge in [-0.05, 0) is 29.3 Å². The first-order valence-corrected chi connectivity index (χ1v) is 11.5. The van der Waals surface area contributed by atoms with Crippen molar-refractivity contribution in [2.24, 2.45) is 0 Å². The van der Waals surface area contributed by atoms with E-state index in [2.05, 4.69) is 15.5 Å². The zero-order valence-electron chi connectivity index (χ0n) is 19.9. The van der Waals surface area contributed by atoms with Gasteiger partial charge in [0.1, 0.15) is 0 Å². The molecule has 0 saturated carbocycles. The summed E-state index contributed by atoms with van der Waals surface area (Å²) in [6.07, 6.45) is 0. The molecule has 2 saturated heterocycles. The molecule has 0 aromatic heterocycles. The molecule has 186 valence electrons. The molecule has 4 rings (SSSR count). The van der Waals surface area contributed by atoms with E-state index in [-0.39, 0.29) is 30.9 Å². The Morgan fingerprint density at radius 1 is 1.09 bits per heavy atom. The van der Waals surface area contributed by atoms with Gasteiger partial charge in [0.05, 0.1) is 46.6 Å². The van der Waals surface area contributed by atoms with Crippen molar-refractivity contribution in [3.63, 3.8) is 0 Å². The number of nitrogens with zero attached hydrogens (tertiary/aromatic N) is 2. The van der Waals surface area contributed by atoms with E-state index in [1.807, 2.05) is 18.2 Å². The maximum absolute atomic E-state index is 13.2. The van der Waals surface area contributed by atoms with Gasteiger partial charge in [-0.25, -0.2) is 4.79 Å². The minimum atomic E-state index is -0.453. The predicted molar refractivity (Wildman–Crippen MR) is 127 cm³/mol. The number of imide groups is 1. The number of nitrogens with one attached hydrogen (secondary N) is 2. The third-order valence-corrected chi connectivity index (χ3v) is 6.26. The van der Waals surface area contributed by atoms with Crippen molar-refractivity contribution < 1.29 is 28.6 Å². The van der Waals surface area contributed by atoms with E-state index in [0.29, 0.717) is 42.4 Å². The van der Waals surface area contributed by atoms with Gasteiger partial charge in [0.25, 0.3) is 5.91 Å². The van der Waals surface area contributed by atoms with E-state index >= 15 is 0 Å². The van der Waals surface area contributed by atoms with Crippen LogP contribution >= 0.6 is 0 Å². The van der Waals surface area contributed by atoms with Crippen LogP contribution in [-0.4, -0.2) is 81.3 Å². The Hall–Kier alpha value is -3.63. The lowest BCUT2D eigenvalue weighted by molar-refractivity contribution is -0.125. The van der Waals surface area contributed by atoms with Crippen molar-refractivity contribution in [2.45, 2.75) is 12.6 Å². The molecule has 0 unspecified atom stereocenters. The summed E-state index contributed by atoms with van der Waals surface area (Å²) in [6.45, 7) is 3.07. The van der Waals surface area contributed by atoms with Crippen LogP contribution in [-0.2, 0) is 16.1 Å². The molecular formula is C25H30N4O6. The second-order valence-electron chi connectivity index (χ2n) is 8.28. The van der Waals surface area contributed by atoms with Crippen molar-refractivity contribution >= 4 is 17.8 Å². The zero-order chi connectivity index (χ0) is 24.8. The van der Waals surface area contributed by atoms with Crippen molar-refractivity contribution in [1.29, 1.82) is 0 Å². The molecule has 4 amide bonds. The molecule has 1 atom stereocenters. The minimum absolute atomic E-state index is 0.0280. The van der Waals surface area contributed by atoms with Gasteiger partial charge in [-0.2, -0.15) is 0 Å². The molecule has 0 bridgehead atoms. The third-order valence-electron chi connectivity index (χ3n) is 6.26. The molecule has 0 spiro atoms. The third kappa shape index (κ3) is 5.55. The largest absolute Gasteiger partial charge is 0.493 e. The lowest BCUT2D eigenvalue weighted by atomic mass is 10.0. The number of benzene rings is 2. The van der Waals surface area contributed by atoms with Crippen LogP contribution in [0.25, 0.3) is 0 Å². The van der Waals surface area contributed by atoms with E-state index < -0.39 is 6.03 Å². The standard InChI is InChI=1S/C25H30N4O6/c1-33-21-8-7-17(13-22(21)34-2)20(28-9-11-35-12-10-28)14-26-24(31)19-6-4-3-5-18(19)16-29-23(30)15-27-25(29)32/h3-8,13,20H,9-12,14-16H2,1-2H3,(H,26,31)(H,27,32)/t20-/m1/s1. The Bertz CT molecular complexity index is 1070. The minimum Gasteiger partial charge on any atom is -0.493 e. The Morgan fingerprint density at radius 2 is 1.83 bits per heavy atom. The van der Waals surface area contributed by atoms with E-state index in [1.54, 1.807) is 38.5 Å². The van der Waals surface area contributed by atoms with Crippen molar-refractivity contribution in [1.82, 2.24) is 20.4 Å². The summed E-state index contributed by atoms with van der Waals surface area (Å²) < 4.78 is 16.4. The summed E-state index contributed by atoms with van der Waals surface area (Å²) >= 11 is 0. The number of morpholine rings is 1. The van der Waals surface area contributed by atoms with Crippen LogP contribution < -0.4 is 20.1 Å². The van der Waals surface area contributed by atoms with Crippen LogP contribution in [0.1, 0.15) is 27.5 Å². The lowest BCUT2D eigenvalue weighted by Crippen LogP contribution is -2.44. The summed E-state index contributed by atoms with van der Waals surface area (Å²) in [6, 6.07) is 12.2. The molecule has 2 fully saturated rings. The van der Waals surface area contributed by atoms with Gasteiger partial charge in [0.15, 0.2) is 11.5 Å². The van der Waals surface area contributed by atoms with Gasteiger partial charge in [0, 0.05) is 25.2 Å². The van der Waals surface area contributed by atoms with Crippen molar-refractivity contribution in [2.75, 3.05) is 53.6 Å². The smallest absolute Gasteiger partial charge is 0.324 e. The number of amides is 4. The summed E-state index contributed by atoms with van der Waals surface area (Å²) in [7, 11) is 3.18. The summed E-state index contributed by atoms with van der Waals surface area (Å²) in [5.41, 5.74) is 2.01. The van der Waals surface area contributed by atoms with Crippen molar-refractivity contribution in [3.8, 4) is 11.5 Å². The number of hydrogen-bond acceptors (Lipinski definition) is 7. The van der Waals surface area contributed by atoms with Crippen LogP contribution in [0.15, 0.2) is 42.5 Å². The Labute approximate surface area is 204 Å². The van der Waals surface area contributed by atoms with Crippen LogP contribution in [0.3, 0.4) is 0 Å². The Morgan fingerprint density at radius 3 is 2.51 bits per heavy atom. The van der Waals surface area contributed by atoms with Crippen molar-refractivity contribution in [3.05, 3.63) is 59.2 Å². The average molecular weight is 483 g/mol. The van der Waals surface area contributed by atoms with Crippen LogP contribution in [0.5, 0.6) is 11.5 Å². The van der Waals surface area contributed by atoms with Gasteiger partial charge in [-0.15, -0.1) is 0 Å². The van der Waals surface area contributed by atoms with E-state index in [4.69, 9.17) is 14.2 Å². The normalized spacial score (nSPS) is 17.1. The number of ether oxygens (including phenoxy) is 3. The summed E-state index contributed by atoms with van der Waals surface area (Å²) in [5.74, 6) is 0.668. The summed E-state index contributed by atoms with van der Waals surface area (Å²) in [4.78, 5) is 40.6. The molecular weight excluding hydrogens is 452 g/mol. The number of methoxy groups -OCH3 is 2.